The zero-order valence-corrected chi connectivity index (χ0v) is 11.4. The average Bonchev–Trinajstić information content (AvgIpc) is 2.80. The van der Waals surface area contributed by atoms with Crippen LogP contribution >= 0.6 is 11.3 Å². The van der Waals surface area contributed by atoms with E-state index in [1.54, 1.807) is 25.1 Å². The molecule has 0 bridgehead atoms. The zero-order valence-electron chi connectivity index (χ0n) is 10.6. The molecule has 0 saturated carbocycles. The summed E-state index contributed by atoms with van der Waals surface area (Å²) < 4.78 is 18.4. The molecule has 0 aliphatic rings. The molecule has 19 heavy (non-hydrogen) atoms. The number of hydrogen-bond donors (Lipinski definition) is 0. The lowest BCUT2D eigenvalue weighted by Gasteiger charge is -2.00. The number of hydrogen-bond acceptors (Lipinski definition) is 4. The second kappa shape index (κ2) is 6.43. The number of thiazole rings is 1. The Kier molecular flexibility index (Phi) is 4.63. The predicted octanol–water partition coefficient (Wildman–Crippen LogP) is 2.98. The van der Waals surface area contributed by atoms with Crippen molar-refractivity contribution < 1.29 is 13.9 Å². The maximum absolute atomic E-state index is 13.5. The van der Waals surface area contributed by atoms with Crippen LogP contribution in [-0.2, 0) is 22.4 Å². The van der Waals surface area contributed by atoms with Crippen LogP contribution in [0.2, 0.25) is 0 Å². The van der Waals surface area contributed by atoms with Crippen LogP contribution < -0.4 is 0 Å². The van der Waals surface area contributed by atoms with Crippen LogP contribution in [0.25, 0.3) is 0 Å². The van der Waals surface area contributed by atoms with E-state index in [1.165, 1.54) is 17.4 Å². The van der Waals surface area contributed by atoms with Crippen molar-refractivity contribution in [1.29, 1.82) is 0 Å². The second-order valence-corrected chi connectivity index (χ2v) is 4.93. The molecule has 0 unspecified atom stereocenters. The molecule has 1 heterocycles. The first-order chi connectivity index (χ1) is 9.19. The van der Waals surface area contributed by atoms with E-state index in [0.717, 1.165) is 5.01 Å². The highest BCUT2D eigenvalue weighted by Gasteiger charge is 2.10. The number of rotatable bonds is 5. The number of ether oxygens (including phenoxy) is 1. The van der Waals surface area contributed by atoms with Crippen LogP contribution in [0.5, 0.6) is 0 Å². The average molecular weight is 279 g/mol. The maximum Gasteiger partial charge on any atom is 0.311 e. The van der Waals surface area contributed by atoms with E-state index in [1.807, 2.05) is 5.38 Å². The lowest BCUT2D eigenvalue weighted by atomic mass is 10.1. The Morgan fingerprint density at radius 2 is 2.21 bits per heavy atom. The molecule has 0 spiro atoms. The van der Waals surface area contributed by atoms with E-state index in [4.69, 9.17) is 4.74 Å². The van der Waals surface area contributed by atoms with Gasteiger partial charge >= 0.3 is 5.97 Å². The highest BCUT2D eigenvalue weighted by Crippen LogP contribution is 2.17. The Labute approximate surface area is 115 Å². The topological polar surface area (TPSA) is 39.2 Å². The highest BCUT2D eigenvalue weighted by molar-refractivity contribution is 7.09. The molecule has 1 aromatic heterocycles. The van der Waals surface area contributed by atoms with E-state index >= 15 is 0 Å². The lowest BCUT2D eigenvalue weighted by molar-refractivity contribution is -0.142. The van der Waals surface area contributed by atoms with Crippen molar-refractivity contribution >= 4 is 17.3 Å². The number of halogens is 1. The van der Waals surface area contributed by atoms with Gasteiger partial charge in [-0.2, -0.15) is 0 Å². The fourth-order valence-corrected chi connectivity index (χ4v) is 2.49. The standard InChI is InChI=1S/C14H14FNO2S/c1-2-18-14(17)8-11-9-19-13(16-11)7-10-5-3-4-6-12(10)15/h3-6,9H,2,7-8H2,1H3. The Hall–Kier alpha value is -1.75. The molecule has 0 radical (unpaired) electrons. The van der Waals surface area contributed by atoms with Gasteiger partial charge in [0.05, 0.1) is 23.7 Å². The van der Waals surface area contributed by atoms with Crippen molar-refractivity contribution in [1.82, 2.24) is 4.98 Å². The molecule has 2 rings (SSSR count). The SMILES string of the molecule is CCOC(=O)Cc1csc(Cc2ccccc2F)n1. The smallest absolute Gasteiger partial charge is 0.311 e. The third kappa shape index (κ3) is 3.86. The van der Waals surface area contributed by atoms with E-state index in [9.17, 15) is 9.18 Å². The normalized spacial score (nSPS) is 10.4. The van der Waals surface area contributed by atoms with Crippen molar-refractivity contribution in [3.05, 3.63) is 51.7 Å². The van der Waals surface area contributed by atoms with E-state index in [0.29, 0.717) is 24.3 Å². The number of benzene rings is 1. The summed E-state index contributed by atoms with van der Waals surface area (Å²) in [6.07, 6.45) is 0.613. The lowest BCUT2D eigenvalue weighted by Crippen LogP contribution is -2.07. The highest BCUT2D eigenvalue weighted by atomic mass is 32.1. The fourth-order valence-electron chi connectivity index (χ4n) is 1.68. The van der Waals surface area contributed by atoms with Crippen LogP contribution in [0.3, 0.4) is 0 Å². The molecule has 100 valence electrons. The summed E-state index contributed by atoms with van der Waals surface area (Å²) in [6, 6.07) is 6.63. The summed E-state index contributed by atoms with van der Waals surface area (Å²) in [5.41, 5.74) is 1.29. The molecule has 0 fully saturated rings. The van der Waals surface area contributed by atoms with Gasteiger partial charge in [0.1, 0.15) is 5.82 Å². The van der Waals surface area contributed by atoms with E-state index in [2.05, 4.69) is 4.98 Å². The number of carbonyl (C=O) groups excluding carboxylic acids is 1. The van der Waals surface area contributed by atoms with Crippen molar-refractivity contribution in [2.45, 2.75) is 19.8 Å². The first kappa shape index (κ1) is 13.7. The maximum atomic E-state index is 13.5. The van der Waals surface area contributed by atoms with Gasteiger partial charge in [-0.25, -0.2) is 9.37 Å². The van der Waals surface area contributed by atoms with Crippen LogP contribution in [-0.4, -0.2) is 17.6 Å². The van der Waals surface area contributed by atoms with Gasteiger partial charge in [-0.3, -0.25) is 4.79 Å². The number of carbonyl (C=O) groups is 1. The number of nitrogens with zero attached hydrogens (tertiary/aromatic N) is 1. The van der Waals surface area contributed by atoms with Gasteiger partial charge < -0.3 is 4.74 Å². The Morgan fingerprint density at radius 3 is 2.95 bits per heavy atom. The summed E-state index contributed by atoms with van der Waals surface area (Å²) in [5.74, 6) is -0.519. The Bertz CT molecular complexity index is 568. The van der Waals surface area contributed by atoms with Crippen molar-refractivity contribution in [3.8, 4) is 0 Å². The predicted molar refractivity (Wildman–Crippen MR) is 71.7 cm³/mol. The summed E-state index contributed by atoms with van der Waals surface area (Å²) in [5, 5.41) is 2.61. The molecule has 3 nitrogen and oxygen atoms in total. The van der Waals surface area contributed by atoms with Crippen LogP contribution in [0, 0.1) is 5.82 Å². The second-order valence-electron chi connectivity index (χ2n) is 3.98. The summed E-state index contributed by atoms with van der Waals surface area (Å²) in [4.78, 5) is 15.6. The first-order valence-electron chi connectivity index (χ1n) is 6.01. The van der Waals surface area contributed by atoms with Gasteiger partial charge in [-0.15, -0.1) is 11.3 Å². The van der Waals surface area contributed by atoms with E-state index in [-0.39, 0.29) is 18.2 Å². The molecule has 5 heteroatoms. The Morgan fingerprint density at radius 1 is 1.42 bits per heavy atom. The third-order valence-corrected chi connectivity index (χ3v) is 3.43. The van der Waals surface area contributed by atoms with Gasteiger partial charge in [-0.1, -0.05) is 18.2 Å². The van der Waals surface area contributed by atoms with Gasteiger partial charge in [0.25, 0.3) is 0 Å². The van der Waals surface area contributed by atoms with Crippen molar-refractivity contribution in [3.63, 3.8) is 0 Å². The minimum Gasteiger partial charge on any atom is -0.466 e. The quantitative estimate of drug-likeness (QED) is 0.790. The summed E-state index contributed by atoms with van der Waals surface area (Å²) in [6.45, 7) is 2.13. The molecule has 0 saturated heterocycles. The van der Waals surface area contributed by atoms with Crippen LogP contribution in [0.15, 0.2) is 29.6 Å². The minimum absolute atomic E-state index is 0.168. The monoisotopic (exact) mass is 279 g/mol. The molecule has 0 N–H and O–H groups in total. The van der Waals surface area contributed by atoms with Crippen molar-refractivity contribution in [2.24, 2.45) is 0 Å². The third-order valence-electron chi connectivity index (χ3n) is 2.53. The number of aromatic nitrogens is 1. The fraction of sp³-hybridized carbons (Fsp3) is 0.286. The molecular formula is C14H14FNO2S. The first-order valence-corrected chi connectivity index (χ1v) is 6.89. The van der Waals surface area contributed by atoms with Crippen LogP contribution in [0.4, 0.5) is 4.39 Å². The largest absolute Gasteiger partial charge is 0.466 e. The molecule has 0 aliphatic carbocycles. The molecule has 0 atom stereocenters. The molecular weight excluding hydrogens is 265 g/mol. The van der Waals surface area contributed by atoms with Crippen molar-refractivity contribution in [2.75, 3.05) is 6.61 Å². The minimum atomic E-state index is -0.287. The van der Waals surface area contributed by atoms with Gasteiger partial charge in [-0.05, 0) is 18.6 Å². The summed E-state index contributed by atoms with van der Waals surface area (Å²) >= 11 is 1.43. The zero-order chi connectivity index (χ0) is 13.7. The summed E-state index contributed by atoms with van der Waals surface area (Å²) in [7, 11) is 0. The molecule has 1 aromatic carbocycles. The molecule has 2 aromatic rings. The Balaban J connectivity index is 2.02. The number of esters is 1. The van der Waals surface area contributed by atoms with E-state index < -0.39 is 0 Å². The molecule has 0 aliphatic heterocycles. The van der Waals surface area contributed by atoms with Crippen LogP contribution in [0.1, 0.15) is 23.2 Å². The molecule has 0 amide bonds. The van der Waals surface area contributed by atoms with Gasteiger partial charge in [0.2, 0.25) is 0 Å². The van der Waals surface area contributed by atoms with Gasteiger partial charge in [0, 0.05) is 11.8 Å². The van der Waals surface area contributed by atoms with Gasteiger partial charge in [0.15, 0.2) is 0 Å².